The van der Waals surface area contributed by atoms with E-state index in [9.17, 15) is 9.90 Å². The van der Waals surface area contributed by atoms with Gasteiger partial charge in [-0.3, -0.25) is 4.79 Å². The smallest absolute Gasteiger partial charge is 0.320 e. The van der Waals surface area contributed by atoms with Gasteiger partial charge in [-0.15, -0.1) is 0 Å². The summed E-state index contributed by atoms with van der Waals surface area (Å²) in [4.78, 5) is 11.2. The minimum absolute atomic E-state index is 0.347. The topological polar surface area (TPSA) is 49.3 Å². The van der Waals surface area contributed by atoms with Gasteiger partial charge in [0.15, 0.2) is 0 Å². The van der Waals surface area contributed by atoms with Crippen molar-refractivity contribution >= 4 is 5.97 Å². The predicted octanol–water partition coefficient (Wildman–Crippen LogP) is 8.65. The normalized spacial score (nSPS) is 12.3. The van der Waals surface area contributed by atoms with Gasteiger partial charge in [0, 0.05) is 0 Å². The van der Waals surface area contributed by atoms with Crippen molar-refractivity contribution in [3.63, 3.8) is 0 Å². The molecule has 0 radical (unpaired) electrons. The molecular formula is C27H55NO2. The van der Waals surface area contributed by atoms with E-state index in [0.29, 0.717) is 0 Å². The molecule has 0 amide bonds. The fourth-order valence-electron chi connectivity index (χ4n) is 4.24. The number of hydrogen-bond acceptors (Lipinski definition) is 2. The van der Waals surface area contributed by atoms with Gasteiger partial charge in [-0.05, 0) is 19.4 Å². The van der Waals surface area contributed by atoms with Crippen molar-refractivity contribution in [2.75, 3.05) is 6.54 Å². The van der Waals surface area contributed by atoms with E-state index in [1.165, 1.54) is 122 Å². The van der Waals surface area contributed by atoms with E-state index in [-0.39, 0.29) is 6.04 Å². The Kier molecular flexibility index (Phi) is 24.2. The molecular weight excluding hydrogens is 370 g/mol. The molecule has 0 fully saturated rings. The third-order valence-corrected chi connectivity index (χ3v) is 6.29. The summed E-state index contributed by atoms with van der Waals surface area (Å²) in [5, 5.41) is 12.3. The first-order valence-electron chi connectivity index (χ1n) is 13.7. The number of nitrogens with one attached hydrogen (secondary N) is 1. The summed E-state index contributed by atoms with van der Waals surface area (Å²) in [6.07, 6.45) is 29.4. The van der Waals surface area contributed by atoms with Crippen molar-refractivity contribution in [2.45, 2.75) is 161 Å². The molecule has 0 bridgehead atoms. The third-order valence-electron chi connectivity index (χ3n) is 6.29. The molecule has 0 aliphatic rings. The highest BCUT2D eigenvalue weighted by Gasteiger charge is 2.14. The lowest BCUT2D eigenvalue weighted by Gasteiger charge is -2.13. The predicted molar refractivity (Wildman–Crippen MR) is 132 cm³/mol. The highest BCUT2D eigenvalue weighted by atomic mass is 16.4. The van der Waals surface area contributed by atoms with E-state index in [4.69, 9.17) is 0 Å². The highest BCUT2D eigenvalue weighted by molar-refractivity contribution is 5.73. The molecule has 0 aromatic carbocycles. The highest BCUT2D eigenvalue weighted by Crippen LogP contribution is 2.15. The van der Waals surface area contributed by atoms with Crippen molar-refractivity contribution in [2.24, 2.45) is 0 Å². The number of aliphatic carboxylic acids is 1. The molecule has 0 aromatic heterocycles. The van der Waals surface area contributed by atoms with Gasteiger partial charge in [-0.25, -0.2) is 0 Å². The van der Waals surface area contributed by atoms with E-state index < -0.39 is 5.97 Å². The molecule has 0 heterocycles. The Balaban J connectivity index is 3.18. The largest absolute Gasteiger partial charge is 0.480 e. The number of hydrogen-bond donors (Lipinski definition) is 2. The minimum atomic E-state index is -0.693. The fourth-order valence-corrected chi connectivity index (χ4v) is 4.24. The molecule has 0 rings (SSSR count). The lowest BCUT2D eigenvalue weighted by atomic mass is 10.0. The Bertz CT molecular complexity index is 346. The van der Waals surface area contributed by atoms with E-state index in [1.807, 2.05) is 0 Å². The van der Waals surface area contributed by atoms with Gasteiger partial charge >= 0.3 is 5.97 Å². The monoisotopic (exact) mass is 425 g/mol. The Labute approximate surface area is 189 Å². The molecule has 0 aliphatic carbocycles. The summed E-state index contributed by atoms with van der Waals surface area (Å²) in [5.74, 6) is -0.693. The van der Waals surface area contributed by atoms with Crippen LogP contribution in [0.2, 0.25) is 0 Å². The van der Waals surface area contributed by atoms with Crippen molar-refractivity contribution in [1.82, 2.24) is 5.32 Å². The first-order valence-corrected chi connectivity index (χ1v) is 13.7. The second-order valence-corrected chi connectivity index (χ2v) is 9.35. The Hall–Kier alpha value is -0.570. The first kappa shape index (κ1) is 29.4. The number of carboxylic acid groups (broad SMARTS) is 1. The maximum absolute atomic E-state index is 11.2. The van der Waals surface area contributed by atoms with Crippen molar-refractivity contribution < 1.29 is 9.90 Å². The summed E-state index contributed by atoms with van der Waals surface area (Å²) in [6.45, 7) is 5.16. The van der Waals surface area contributed by atoms with Gasteiger partial charge < -0.3 is 10.4 Å². The van der Waals surface area contributed by atoms with Crippen LogP contribution in [-0.2, 0) is 4.79 Å². The summed E-state index contributed by atoms with van der Waals surface area (Å²) >= 11 is 0. The zero-order chi connectivity index (χ0) is 22.1. The number of carbonyl (C=O) groups is 1. The van der Waals surface area contributed by atoms with Gasteiger partial charge in [-0.2, -0.15) is 0 Å². The number of unbranched alkanes of at least 4 members (excludes halogenated alkanes) is 19. The van der Waals surface area contributed by atoms with Crippen LogP contribution in [0.15, 0.2) is 0 Å². The molecule has 3 heteroatoms. The van der Waals surface area contributed by atoms with Gasteiger partial charge in [0.1, 0.15) is 6.04 Å². The molecule has 0 saturated heterocycles. The molecule has 0 spiro atoms. The van der Waals surface area contributed by atoms with Crippen LogP contribution in [0.25, 0.3) is 0 Å². The fraction of sp³-hybridized carbons (Fsp3) is 0.963. The third kappa shape index (κ3) is 22.1. The van der Waals surface area contributed by atoms with Gasteiger partial charge in [0.05, 0.1) is 0 Å². The quantitative estimate of drug-likeness (QED) is 0.144. The van der Waals surface area contributed by atoms with Crippen LogP contribution in [0.3, 0.4) is 0 Å². The van der Waals surface area contributed by atoms with E-state index >= 15 is 0 Å². The Morgan fingerprint density at radius 2 is 0.900 bits per heavy atom. The van der Waals surface area contributed by atoms with E-state index in [1.54, 1.807) is 0 Å². The van der Waals surface area contributed by atoms with E-state index in [2.05, 4.69) is 19.2 Å². The second-order valence-electron chi connectivity index (χ2n) is 9.35. The van der Waals surface area contributed by atoms with Crippen molar-refractivity contribution in [3.8, 4) is 0 Å². The van der Waals surface area contributed by atoms with Crippen LogP contribution in [0.4, 0.5) is 0 Å². The van der Waals surface area contributed by atoms with Crippen LogP contribution in [0.5, 0.6) is 0 Å². The first-order chi connectivity index (χ1) is 14.7. The van der Waals surface area contributed by atoms with Gasteiger partial charge in [0.2, 0.25) is 0 Å². The lowest BCUT2D eigenvalue weighted by molar-refractivity contribution is -0.139. The zero-order valence-electron chi connectivity index (χ0n) is 20.7. The molecule has 30 heavy (non-hydrogen) atoms. The molecule has 3 nitrogen and oxygen atoms in total. The van der Waals surface area contributed by atoms with Crippen LogP contribution in [-0.4, -0.2) is 23.7 Å². The van der Waals surface area contributed by atoms with Crippen LogP contribution in [0.1, 0.15) is 155 Å². The summed E-state index contributed by atoms with van der Waals surface area (Å²) in [7, 11) is 0. The second kappa shape index (κ2) is 24.7. The Morgan fingerprint density at radius 1 is 0.567 bits per heavy atom. The minimum Gasteiger partial charge on any atom is -0.480 e. The van der Waals surface area contributed by atoms with E-state index in [0.717, 1.165) is 25.8 Å². The maximum atomic E-state index is 11.2. The average molecular weight is 426 g/mol. The molecule has 1 unspecified atom stereocenters. The zero-order valence-corrected chi connectivity index (χ0v) is 20.7. The number of rotatable bonds is 25. The van der Waals surface area contributed by atoms with Crippen LogP contribution in [0, 0.1) is 0 Å². The standard InChI is InChI=1S/C27H55NO2/c1-3-5-6-7-8-9-10-11-12-13-14-15-16-17-18-19-20-21-22-23-24-26(27(29)30)28-25-4-2/h26,28H,3-25H2,1-2H3,(H,29,30). The molecule has 0 aromatic rings. The van der Waals surface area contributed by atoms with Crippen LogP contribution >= 0.6 is 0 Å². The Morgan fingerprint density at radius 3 is 1.20 bits per heavy atom. The van der Waals surface area contributed by atoms with Gasteiger partial charge in [0.25, 0.3) is 0 Å². The van der Waals surface area contributed by atoms with Crippen molar-refractivity contribution in [3.05, 3.63) is 0 Å². The molecule has 2 N–H and O–H groups in total. The van der Waals surface area contributed by atoms with Crippen LogP contribution < -0.4 is 5.32 Å². The molecule has 0 aliphatic heterocycles. The molecule has 1 atom stereocenters. The summed E-state index contributed by atoms with van der Waals surface area (Å²) < 4.78 is 0. The lowest BCUT2D eigenvalue weighted by Crippen LogP contribution is -2.36. The maximum Gasteiger partial charge on any atom is 0.320 e. The van der Waals surface area contributed by atoms with Crippen molar-refractivity contribution in [1.29, 1.82) is 0 Å². The average Bonchev–Trinajstić information content (AvgIpc) is 2.74. The van der Waals surface area contributed by atoms with Gasteiger partial charge in [-0.1, -0.05) is 142 Å². The molecule has 180 valence electrons. The summed E-state index contributed by atoms with van der Waals surface area (Å²) in [5.41, 5.74) is 0. The SMILES string of the molecule is CCCCCCCCCCCCCCCCCCCCCCC(NCCC)C(=O)O. The molecule has 0 saturated carbocycles. The number of carboxylic acids is 1. The summed E-state index contributed by atoms with van der Waals surface area (Å²) in [6, 6.07) is -0.347.